The van der Waals surface area contributed by atoms with E-state index in [1.807, 2.05) is 35.4 Å². The summed E-state index contributed by atoms with van der Waals surface area (Å²) in [7, 11) is 0. The third-order valence-corrected chi connectivity index (χ3v) is 5.41. The van der Waals surface area contributed by atoms with E-state index in [4.69, 9.17) is 0 Å². The van der Waals surface area contributed by atoms with Crippen molar-refractivity contribution in [3.05, 3.63) is 49.1 Å². The smallest absolute Gasteiger partial charge is 0.155 e. The fourth-order valence-electron chi connectivity index (χ4n) is 4.22. The van der Waals surface area contributed by atoms with Gasteiger partial charge in [-0.25, -0.2) is 14.5 Å². The molecular formula is C18H20N6. The normalized spacial score (nSPS) is 23.7. The van der Waals surface area contributed by atoms with Gasteiger partial charge in [-0.2, -0.15) is 5.10 Å². The van der Waals surface area contributed by atoms with Crippen molar-refractivity contribution < 1.29 is 0 Å². The molecule has 2 fully saturated rings. The molecule has 0 bridgehead atoms. The van der Waals surface area contributed by atoms with E-state index in [-0.39, 0.29) is 0 Å². The second-order valence-corrected chi connectivity index (χ2v) is 6.64. The molecule has 6 heteroatoms. The maximum absolute atomic E-state index is 4.68. The van der Waals surface area contributed by atoms with Gasteiger partial charge >= 0.3 is 0 Å². The molecule has 0 amide bonds. The Morgan fingerprint density at radius 3 is 2.83 bits per heavy atom. The van der Waals surface area contributed by atoms with E-state index in [2.05, 4.69) is 43.1 Å². The van der Waals surface area contributed by atoms with Crippen LogP contribution in [0.5, 0.6) is 0 Å². The van der Waals surface area contributed by atoms with Crippen LogP contribution in [0.25, 0.3) is 5.52 Å². The summed E-state index contributed by atoms with van der Waals surface area (Å²) in [4.78, 5) is 14.1. The summed E-state index contributed by atoms with van der Waals surface area (Å²) >= 11 is 0. The number of pyridine rings is 1. The molecule has 3 aromatic rings. The van der Waals surface area contributed by atoms with Crippen LogP contribution in [0.1, 0.15) is 12.8 Å². The molecule has 6 nitrogen and oxygen atoms in total. The first-order chi connectivity index (χ1) is 11.9. The van der Waals surface area contributed by atoms with Crippen LogP contribution in [0.3, 0.4) is 0 Å². The van der Waals surface area contributed by atoms with Gasteiger partial charge in [0.25, 0.3) is 0 Å². The first-order valence-electron chi connectivity index (χ1n) is 8.61. The summed E-state index contributed by atoms with van der Waals surface area (Å²) in [5, 5.41) is 4.35. The number of hydrogen-bond acceptors (Lipinski definition) is 5. The van der Waals surface area contributed by atoms with Crippen LogP contribution in [0, 0.1) is 5.92 Å². The standard InChI is InChI=1S/C18H20N6/c1-2-7-19-17(3-1)22-10-5-14-6-11-23(16(14)13-22)18-15-4-8-21-24(15)12-9-20-18/h1-4,7-9,12,14,16H,5-6,10-11,13H2. The SMILES string of the molecule is c1ccc(N2CCC3CCN(c4nccn5nccc45)C3C2)nc1. The zero-order chi connectivity index (χ0) is 15.9. The second-order valence-electron chi connectivity index (χ2n) is 6.64. The molecule has 2 atom stereocenters. The Morgan fingerprint density at radius 2 is 1.92 bits per heavy atom. The highest BCUT2D eigenvalue weighted by Gasteiger charge is 2.39. The molecule has 24 heavy (non-hydrogen) atoms. The summed E-state index contributed by atoms with van der Waals surface area (Å²) in [6, 6.07) is 8.69. The van der Waals surface area contributed by atoms with Crippen LogP contribution in [0.4, 0.5) is 11.6 Å². The van der Waals surface area contributed by atoms with Crippen LogP contribution in [-0.2, 0) is 0 Å². The zero-order valence-corrected chi connectivity index (χ0v) is 13.5. The number of aromatic nitrogens is 4. The van der Waals surface area contributed by atoms with Crippen molar-refractivity contribution in [3.63, 3.8) is 0 Å². The van der Waals surface area contributed by atoms with Gasteiger partial charge in [0, 0.05) is 38.2 Å². The number of hydrogen-bond donors (Lipinski definition) is 0. The van der Waals surface area contributed by atoms with Gasteiger partial charge < -0.3 is 9.80 Å². The summed E-state index contributed by atoms with van der Waals surface area (Å²) in [6.07, 6.45) is 9.95. The molecule has 2 aliphatic heterocycles. The van der Waals surface area contributed by atoms with Gasteiger partial charge in [-0.3, -0.25) is 0 Å². The van der Waals surface area contributed by atoms with Crippen molar-refractivity contribution >= 4 is 17.2 Å². The molecule has 0 N–H and O–H groups in total. The van der Waals surface area contributed by atoms with E-state index in [9.17, 15) is 0 Å². The monoisotopic (exact) mass is 320 g/mol. The minimum Gasteiger partial charge on any atom is -0.355 e. The molecule has 3 aromatic heterocycles. The average Bonchev–Trinajstić information content (AvgIpc) is 3.28. The fraction of sp³-hybridized carbons (Fsp3) is 0.389. The number of fused-ring (bicyclic) bond motifs is 2. The van der Waals surface area contributed by atoms with Gasteiger partial charge in [0.05, 0.1) is 12.2 Å². The molecule has 0 aliphatic carbocycles. The highest BCUT2D eigenvalue weighted by molar-refractivity contribution is 5.69. The summed E-state index contributed by atoms with van der Waals surface area (Å²) in [6.45, 7) is 3.18. The maximum Gasteiger partial charge on any atom is 0.155 e. The van der Waals surface area contributed by atoms with Gasteiger partial charge in [-0.15, -0.1) is 0 Å². The molecule has 0 aromatic carbocycles. The topological polar surface area (TPSA) is 49.6 Å². The molecule has 5 rings (SSSR count). The van der Waals surface area contributed by atoms with Gasteiger partial charge in [-0.05, 0) is 37.0 Å². The minimum absolute atomic E-state index is 0.495. The average molecular weight is 320 g/mol. The van der Waals surface area contributed by atoms with E-state index >= 15 is 0 Å². The Morgan fingerprint density at radius 1 is 0.958 bits per heavy atom. The van der Waals surface area contributed by atoms with Gasteiger partial charge in [0.15, 0.2) is 5.82 Å². The Bertz CT molecular complexity index is 845. The van der Waals surface area contributed by atoms with Crippen LogP contribution < -0.4 is 9.80 Å². The summed E-state index contributed by atoms with van der Waals surface area (Å²) in [5.74, 6) is 2.89. The van der Waals surface area contributed by atoms with Gasteiger partial charge in [0.2, 0.25) is 0 Å². The summed E-state index contributed by atoms with van der Waals surface area (Å²) in [5.41, 5.74) is 1.09. The number of nitrogens with zero attached hydrogens (tertiary/aromatic N) is 6. The van der Waals surface area contributed by atoms with Crippen molar-refractivity contribution in [1.29, 1.82) is 0 Å². The van der Waals surface area contributed by atoms with E-state index < -0.39 is 0 Å². The third kappa shape index (κ3) is 2.13. The zero-order valence-electron chi connectivity index (χ0n) is 13.5. The van der Waals surface area contributed by atoms with Crippen LogP contribution in [-0.4, -0.2) is 45.3 Å². The van der Waals surface area contributed by atoms with Gasteiger partial charge in [0.1, 0.15) is 11.3 Å². The first-order valence-corrected chi connectivity index (χ1v) is 8.61. The van der Waals surface area contributed by atoms with Gasteiger partial charge in [-0.1, -0.05) is 6.07 Å². The number of anilines is 2. The number of rotatable bonds is 2. The van der Waals surface area contributed by atoms with Crippen molar-refractivity contribution in [3.8, 4) is 0 Å². The van der Waals surface area contributed by atoms with Crippen LogP contribution in [0.15, 0.2) is 49.1 Å². The molecule has 122 valence electrons. The highest BCUT2D eigenvalue weighted by atomic mass is 15.3. The third-order valence-electron chi connectivity index (χ3n) is 5.41. The molecular weight excluding hydrogens is 300 g/mol. The van der Waals surface area contributed by atoms with Crippen molar-refractivity contribution in [2.75, 3.05) is 29.4 Å². The van der Waals surface area contributed by atoms with Crippen LogP contribution in [0.2, 0.25) is 0 Å². The lowest BCUT2D eigenvalue weighted by Crippen LogP contribution is -2.48. The quantitative estimate of drug-likeness (QED) is 0.725. The molecule has 2 saturated heterocycles. The molecule has 2 aliphatic rings. The fourth-order valence-corrected chi connectivity index (χ4v) is 4.22. The first kappa shape index (κ1) is 13.8. The van der Waals surface area contributed by atoms with Crippen molar-refractivity contribution in [1.82, 2.24) is 19.6 Å². The van der Waals surface area contributed by atoms with E-state index in [0.29, 0.717) is 6.04 Å². The van der Waals surface area contributed by atoms with Crippen LogP contribution >= 0.6 is 0 Å². The Kier molecular flexibility index (Phi) is 3.14. The number of piperidine rings is 1. The Hall–Kier alpha value is -2.63. The predicted octanol–water partition coefficient (Wildman–Crippen LogP) is 2.23. The molecule has 2 unspecified atom stereocenters. The Labute approximate surface area is 140 Å². The molecule has 0 spiro atoms. The maximum atomic E-state index is 4.68. The molecule has 5 heterocycles. The van der Waals surface area contributed by atoms with E-state index in [0.717, 1.165) is 42.7 Å². The van der Waals surface area contributed by atoms with Crippen molar-refractivity contribution in [2.24, 2.45) is 5.92 Å². The predicted molar refractivity (Wildman–Crippen MR) is 93.3 cm³/mol. The minimum atomic E-state index is 0.495. The largest absolute Gasteiger partial charge is 0.355 e. The molecule has 0 saturated carbocycles. The van der Waals surface area contributed by atoms with E-state index in [1.54, 1.807) is 0 Å². The summed E-state index contributed by atoms with van der Waals surface area (Å²) < 4.78 is 1.91. The molecule has 0 radical (unpaired) electrons. The Balaban J connectivity index is 1.47. The van der Waals surface area contributed by atoms with E-state index in [1.165, 1.54) is 12.8 Å². The lowest BCUT2D eigenvalue weighted by molar-refractivity contribution is 0.388. The van der Waals surface area contributed by atoms with Crippen molar-refractivity contribution in [2.45, 2.75) is 18.9 Å². The highest BCUT2D eigenvalue weighted by Crippen LogP contribution is 2.36. The lowest BCUT2D eigenvalue weighted by Gasteiger charge is -2.39. The lowest BCUT2D eigenvalue weighted by atomic mass is 9.92. The second kappa shape index (κ2) is 5.47.